The molecule has 0 bridgehead atoms. The number of rotatable bonds is 8. The second-order valence-corrected chi connectivity index (χ2v) is 9.13. The zero-order valence-corrected chi connectivity index (χ0v) is 20.1. The van der Waals surface area contributed by atoms with Crippen molar-refractivity contribution in [3.63, 3.8) is 0 Å². The van der Waals surface area contributed by atoms with Gasteiger partial charge in [-0.25, -0.2) is 0 Å². The van der Waals surface area contributed by atoms with Crippen molar-refractivity contribution in [2.24, 2.45) is 5.92 Å². The predicted octanol–water partition coefficient (Wildman–Crippen LogP) is 5.06. The van der Waals surface area contributed by atoms with E-state index in [2.05, 4.69) is 5.32 Å². The zero-order chi connectivity index (χ0) is 24.1. The molecule has 2 aromatic carbocycles. The van der Waals surface area contributed by atoms with Crippen molar-refractivity contribution in [2.45, 2.75) is 51.1 Å². The third-order valence-corrected chi connectivity index (χ3v) is 6.60. The van der Waals surface area contributed by atoms with Crippen LogP contribution in [0.4, 0.5) is 0 Å². The summed E-state index contributed by atoms with van der Waals surface area (Å²) in [6.45, 7) is 4.10. The Bertz CT molecular complexity index is 1010. The first-order chi connectivity index (χ1) is 15.8. The highest BCUT2D eigenvalue weighted by atomic mass is 35.5. The molecule has 176 valence electrons. The van der Waals surface area contributed by atoms with Crippen molar-refractivity contribution < 1.29 is 19.5 Å². The summed E-state index contributed by atoms with van der Waals surface area (Å²) in [5.74, 6) is -2.63. The number of halogens is 2. The van der Waals surface area contributed by atoms with E-state index in [0.717, 1.165) is 11.1 Å². The molecule has 1 aliphatic heterocycles. The van der Waals surface area contributed by atoms with E-state index in [1.807, 2.05) is 44.2 Å². The number of benzene rings is 2. The van der Waals surface area contributed by atoms with Crippen LogP contribution in [0.25, 0.3) is 0 Å². The van der Waals surface area contributed by atoms with Crippen LogP contribution in [-0.2, 0) is 14.4 Å². The van der Waals surface area contributed by atoms with Crippen molar-refractivity contribution in [3.8, 4) is 0 Å². The SMILES string of the molecule is CCNC(=O)[C@@H](CC)N1C(=O)[C@@H](CC(=O)O)C[C@H](c2cccc(Cl)c2)[C@H]1c1ccc(Cl)cc1. The van der Waals surface area contributed by atoms with E-state index in [4.69, 9.17) is 23.2 Å². The van der Waals surface area contributed by atoms with Gasteiger partial charge in [0.25, 0.3) is 0 Å². The summed E-state index contributed by atoms with van der Waals surface area (Å²) in [6, 6.07) is 13.4. The molecule has 0 radical (unpaired) electrons. The number of carboxylic acids is 1. The van der Waals surface area contributed by atoms with Gasteiger partial charge in [0, 0.05) is 28.4 Å². The molecule has 0 unspecified atom stereocenters. The normalized spacial score (nSPS) is 21.5. The molecule has 33 heavy (non-hydrogen) atoms. The maximum atomic E-state index is 13.7. The fraction of sp³-hybridized carbons (Fsp3) is 0.400. The lowest BCUT2D eigenvalue weighted by atomic mass is 9.74. The number of carbonyl (C=O) groups is 3. The molecule has 2 N–H and O–H groups in total. The molecule has 2 aromatic rings. The van der Waals surface area contributed by atoms with Gasteiger partial charge >= 0.3 is 5.97 Å². The van der Waals surface area contributed by atoms with Gasteiger partial charge in [0.15, 0.2) is 0 Å². The third kappa shape index (κ3) is 5.68. The number of amides is 2. The van der Waals surface area contributed by atoms with Crippen LogP contribution in [0.15, 0.2) is 48.5 Å². The molecule has 0 aliphatic carbocycles. The maximum Gasteiger partial charge on any atom is 0.304 e. The minimum absolute atomic E-state index is 0.254. The molecule has 4 atom stereocenters. The molecule has 1 saturated heterocycles. The summed E-state index contributed by atoms with van der Waals surface area (Å²) in [5.41, 5.74) is 1.72. The number of carbonyl (C=O) groups excluding carboxylic acids is 2. The standard InChI is InChI=1S/C25H28Cl2N2O4/c1-3-21(24(32)28-4-2)29-23(15-8-10-18(26)11-9-15)20(16-6-5-7-19(27)12-16)13-17(25(29)33)14-22(30)31/h5-12,17,20-21,23H,3-4,13-14H2,1-2H3,(H,28,32)(H,30,31)/t17-,20-,21-,23-/m1/s1. The van der Waals surface area contributed by atoms with Crippen molar-refractivity contribution in [1.29, 1.82) is 0 Å². The topological polar surface area (TPSA) is 86.7 Å². The first-order valence-corrected chi connectivity index (χ1v) is 11.8. The van der Waals surface area contributed by atoms with Gasteiger partial charge in [-0.15, -0.1) is 0 Å². The molecule has 0 saturated carbocycles. The lowest BCUT2D eigenvalue weighted by molar-refractivity contribution is -0.155. The Balaban J connectivity index is 2.20. The number of aliphatic carboxylic acids is 1. The number of carboxylic acid groups (broad SMARTS) is 1. The highest BCUT2D eigenvalue weighted by Crippen LogP contribution is 2.47. The van der Waals surface area contributed by atoms with Crippen molar-refractivity contribution in [1.82, 2.24) is 10.2 Å². The average molecular weight is 491 g/mol. The zero-order valence-electron chi connectivity index (χ0n) is 18.6. The van der Waals surface area contributed by atoms with Crippen molar-refractivity contribution in [2.75, 3.05) is 6.54 Å². The van der Waals surface area contributed by atoms with E-state index >= 15 is 0 Å². The number of nitrogens with zero attached hydrogens (tertiary/aromatic N) is 1. The summed E-state index contributed by atoms with van der Waals surface area (Å²) in [6.07, 6.45) is 0.427. The van der Waals surface area contributed by atoms with E-state index in [-0.39, 0.29) is 24.2 Å². The van der Waals surface area contributed by atoms with E-state index in [0.29, 0.717) is 29.4 Å². The number of hydrogen-bond acceptors (Lipinski definition) is 3. The van der Waals surface area contributed by atoms with Crippen LogP contribution in [-0.4, -0.2) is 40.4 Å². The summed E-state index contributed by atoms with van der Waals surface area (Å²) < 4.78 is 0. The molecular formula is C25H28Cl2N2O4. The van der Waals surface area contributed by atoms with Crippen molar-refractivity contribution in [3.05, 3.63) is 69.7 Å². The highest BCUT2D eigenvalue weighted by molar-refractivity contribution is 6.30. The molecular weight excluding hydrogens is 463 g/mol. The molecule has 3 rings (SSSR count). The largest absolute Gasteiger partial charge is 0.481 e. The fourth-order valence-corrected chi connectivity index (χ4v) is 5.04. The Morgan fingerprint density at radius 2 is 1.79 bits per heavy atom. The molecule has 0 aromatic heterocycles. The van der Waals surface area contributed by atoms with Gasteiger partial charge in [0.05, 0.1) is 12.5 Å². The Labute approximate surface area is 203 Å². The summed E-state index contributed by atoms with van der Waals surface area (Å²) in [5, 5.41) is 13.4. The smallest absolute Gasteiger partial charge is 0.304 e. The highest BCUT2D eigenvalue weighted by Gasteiger charge is 2.47. The summed E-state index contributed by atoms with van der Waals surface area (Å²) in [4.78, 5) is 39.9. The van der Waals surface area contributed by atoms with Crippen LogP contribution in [0, 0.1) is 5.92 Å². The molecule has 8 heteroatoms. The van der Waals surface area contributed by atoms with Crippen molar-refractivity contribution >= 4 is 41.0 Å². The van der Waals surface area contributed by atoms with E-state index < -0.39 is 24.0 Å². The molecule has 1 fully saturated rings. The van der Waals surface area contributed by atoms with Crippen LogP contribution in [0.5, 0.6) is 0 Å². The second kappa shape index (κ2) is 11.0. The number of likely N-dealkylation sites (N-methyl/N-ethyl adjacent to an activating group) is 1. The Hall–Kier alpha value is -2.57. The second-order valence-electron chi connectivity index (χ2n) is 8.25. The molecule has 0 spiro atoms. The summed E-state index contributed by atoms with van der Waals surface area (Å²) >= 11 is 12.4. The third-order valence-electron chi connectivity index (χ3n) is 6.11. The number of piperidine rings is 1. The predicted molar refractivity (Wildman–Crippen MR) is 128 cm³/mol. The van der Waals surface area contributed by atoms with Crippen LogP contribution < -0.4 is 5.32 Å². The Kier molecular flexibility index (Phi) is 8.38. The van der Waals surface area contributed by atoms with Crippen LogP contribution in [0.2, 0.25) is 10.0 Å². The number of likely N-dealkylation sites (tertiary alicyclic amines) is 1. The van der Waals surface area contributed by atoms with E-state index in [9.17, 15) is 19.5 Å². The number of nitrogens with one attached hydrogen (secondary N) is 1. The van der Waals surface area contributed by atoms with Gasteiger partial charge in [-0.2, -0.15) is 0 Å². The number of hydrogen-bond donors (Lipinski definition) is 2. The Morgan fingerprint density at radius 1 is 1.09 bits per heavy atom. The van der Waals surface area contributed by atoms with E-state index in [1.54, 1.807) is 23.1 Å². The first-order valence-electron chi connectivity index (χ1n) is 11.1. The lowest BCUT2D eigenvalue weighted by Crippen LogP contribution is -2.56. The van der Waals surface area contributed by atoms with E-state index in [1.165, 1.54) is 0 Å². The first kappa shape index (κ1) is 25.1. The Morgan fingerprint density at radius 3 is 2.36 bits per heavy atom. The minimum Gasteiger partial charge on any atom is -0.481 e. The minimum atomic E-state index is -1.05. The summed E-state index contributed by atoms with van der Waals surface area (Å²) in [7, 11) is 0. The molecule has 1 heterocycles. The van der Waals surface area contributed by atoms with Crippen LogP contribution >= 0.6 is 23.2 Å². The molecule has 2 amide bonds. The maximum absolute atomic E-state index is 13.7. The fourth-order valence-electron chi connectivity index (χ4n) is 4.72. The van der Waals surface area contributed by atoms with Gasteiger partial charge in [-0.05, 0) is 55.2 Å². The van der Waals surface area contributed by atoms with Gasteiger partial charge in [0.2, 0.25) is 11.8 Å². The van der Waals surface area contributed by atoms with Gasteiger partial charge in [0.1, 0.15) is 6.04 Å². The monoisotopic (exact) mass is 490 g/mol. The van der Waals surface area contributed by atoms with Gasteiger partial charge < -0.3 is 15.3 Å². The lowest BCUT2D eigenvalue weighted by Gasteiger charge is -2.47. The van der Waals surface area contributed by atoms with Gasteiger partial charge in [-0.3, -0.25) is 14.4 Å². The average Bonchev–Trinajstić information content (AvgIpc) is 2.77. The molecule has 1 aliphatic rings. The molecule has 6 nitrogen and oxygen atoms in total. The van der Waals surface area contributed by atoms with Crippen LogP contribution in [0.1, 0.15) is 56.2 Å². The van der Waals surface area contributed by atoms with Crippen LogP contribution in [0.3, 0.4) is 0 Å². The quantitative estimate of drug-likeness (QED) is 0.541. The van der Waals surface area contributed by atoms with Gasteiger partial charge in [-0.1, -0.05) is 54.4 Å².